The van der Waals surface area contributed by atoms with E-state index in [1.54, 1.807) is 0 Å². The summed E-state index contributed by atoms with van der Waals surface area (Å²) in [5, 5.41) is 6.14. The smallest absolute Gasteiger partial charge is 0.171 e. The van der Waals surface area contributed by atoms with E-state index in [0.717, 1.165) is 16.1 Å². The topological polar surface area (TPSA) is 21.6 Å². The monoisotopic (exact) mass is 209 g/mol. The fraction of sp³-hybridized carbons (Fsp3) is 0.0714. The quantitative estimate of drug-likeness (QED) is 0.701. The van der Waals surface area contributed by atoms with Crippen molar-refractivity contribution >= 4 is 6.08 Å². The molecule has 0 aliphatic carbocycles. The second kappa shape index (κ2) is 3.81. The largest absolute Gasteiger partial charge is 0.383 e. The van der Waals surface area contributed by atoms with Gasteiger partial charge in [-0.1, -0.05) is 53.7 Å². The Bertz CT molecular complexity index is 604. The van der Waals surface area contributed by atoms with Gasteiger partial charge in [0.2, 0.25) is 0 Å². The lowest BCUT2D eigenvalue weighted by molar-refractivity contribution is 0.0891. The highest BCUT2D eigenvalue weighted by Gasteiger charge is 2.11. The van der Waals surface area contributed by atoms with Crippen molar-refractivity contribution in [3.63, 3.8) is 0 Å². The Morgan fingerprint density at radius 2 is 1.62 bits per heavy atom. The number of benzene rings is 2. The van der Waals surface area contributed by atoms with Crippen LogP contribution in [0.5, 0.6) is 0 Å². The highest BCUT2D eigenvalue weighted by molar-refractivity contribution is 5.37. The van der Waals surface area contributed by atoms with Gasteiger partial charge in [-0.25, -0.2) is 0 Å². The average molecular weight is 209 g/mol. The average Bonchev–Trinajstić information content (AvgIpc) is 2.39. The molecule has 1 aliphatic heterocycles. The first-order valence-corrected chi connectivity index (χ1v) is 5.29. The SMILES string of the molecule is C1=c2ccccc2=NOC1c1ccccc1. The molecule has 3 rings (SSSR count). The molecule has 0 N–H and O–H groups in total. The van der Waals surface area contributed by atoms with Crippen LogP contribution < -0.4 is 10.6 Å². The second-order valence-electron chi connectivity index (χ2n) is 3.75. The summed E-state index contributed by atoms with van der Waals surface area (Å²) >= 11 is 0. The lowest BCUT2D eigenvalue weighted by Crippen LogP contribution is -2.29. The number of rotatable bonds is 1. The van der Waals surface area contributed by atoms with Crippen LogP contribution in [0.3, 0.4) is 0 Å². The van der Waals surface area contributed by atoms with E-state index >= 15 is 0 Å². The van der Waals surface area contributed by atoms with Gasteiger partial charge in [0.1, 0.15) is 5.36 Å². The minimum atomic E-state index is -0.0731. The van der Waals surface area contributed by atoms with E-state index in [1.165, 1.54) is 0 Å². The first-order valence-electron chi connectivity index (χ1n) is 5.29. The van der Waals surface area contributed by atoms with Gasteiger partial charge in [0.25, 0.3) is 0 Å². The van der Waals surface area contributed by atoms with Gasteiger partial charge in [-0.15, -0.1) is 0 Å². The van der Waals surface area contributed by atoms with Gasteiger partial charge in [-0.2, -0.15) is 0 Å². The molecule has 0 bridgehead atoms. The molecule has 0 aromatic heterocycles. The fourth-order valence-corrected chi connectivity index (χ4v) is 1.82. The van der Waals surface area contributed by atoms with Gasteiger partial charge in [0.15, 0.2) is 6.10 Å². The maximum Gasteiger partial charge on any atom is 0.171 e. The Morgan fingerprint density at radius 3 is 2.50 bits per heavy atom. The molecule has 2 aromatic rings. The molecule has 0 fully saturated rings. The fourth-order valence-electron chi connectivity index (χ4n) is 1.82. The zero-order valence-corrected chi connectivity index (χ0v) is 8.71. The predicted molar refractivity (Wildman–Crippen MR) is 62.0 cm³/mol. The van der Waals surface area contributed by atoms with Gasteiger partial charge < -0.3 is 4.84 Å². The normalized spacial score (nSPS) is 17.6. The van der Waals surface area contributed by atoms with Crippen LogP contribution in [0.15, 0.2) is 59.8 Å². The Morgan fingerprint density at radius 1 is 0.875 bits per heavy atom. The molecular formula is C14H11NO. The zero-order valence-electron chi connectivity index (χ0n) is 8.71. The molecule has 0 spiro atoms. The number of hydrogen-bond donors (Lipinski definition) is 0. The lowest BCUT2D eigenvalue weighted by Gasteiger charge is -2.13. The summed E-state index contributed by atoms with van der Waals surface area (Å²) in [5.74, 6) is 0. The number of nitrogens with zero attached hydrogens (tertiary/aromatic N) is 1. The van der Waals surface area contributed by atoms with Crippen molar-refractivity contribution in [3.8, 4) is 0 Å². The molecule has 2 heteroatoms. The van der Waals surface area contributed by atoms with E-state index in [0.29, 0.717) is 0 Å². The molecule has 0 amide bonds. The van der Waals surface area contributed by atoms with E-state index in [-0.39, 0.29) is 6.10 Å². The van der Waals surface area contributed by atoms with Crippen LogP contribution in [0.2, 0.25) is 0 Å². The third-order valence-corrected chi connectivity index (χ3v) is 2.66. The van der Waals surface area contributed by atoms with E-state index < -0.39 is 0 Å². The van der Waals surface area contributed by atoms with Crippen molar-refractivity contribution in [2.45, 2.75) is 6.10 Å². The van der Waals surface area contributed by atoms with Gasteiger partial charge in [0, 0.05) is 5.22 Å². The van der Waals surface area contributed by atoms with Crippen molar-refractivity contribution in [2.24, 2.45) is 5.16 Å². The van der Waals surface area contributed by atoms with Crippen molar-refractivity contribution in [2.75, 3.05) is 0 Å². The summed E-state index contributed by atoms with van der Waals surface area (Å²) in [4.78, 5) is 5.46. The van der Waals surface area contributed by atoms with Crippen LogP contribution in [0.4, 0.5) is 0 Å². The maximum absolute atomic E-state index is 5.46. The summed E-state index contributed by atoms with van der Waals surface area (Å²) in [7, 11) is 0. The van der Waals surface area contributed by atoms with E-state index in [2.05, 4.69) is 17.3 Å². The van der Waals surface area contributed by atoms with Crippen LogP contribution in [-0.2, 0) is 4.84 Å². The Balaban J connectivity index is 2.08. The molecule has 1 aliphatic rings. The Kier molecular flexibility index (Phi) is 2.18. The predicted octanol–water partition coefficient (Wildman–Crippen LogP) is 1.77. The van der Waals surface area contributed by atoms with Crippen molar-refractivity contribution in [1.82, 2.24) is 0 Å². The first-order chi connectivity index (χ1) is 7.93. The standard InChI is InChI=1S/C14H11NO/c1-2-6-11(7-3-1)14-10-12-8-4-5-9-13(12)15-16-14/h1-10,14H. The van der Waals surface area contributed by atoms with E-state index in [4.69, 9.17) is 4.84 Å². The zero-order chi connectivity index (χ0) is 10.8. The summed E-state index contributed by atoms with van der Waals surface area (Å²) < 4.78 is 0. The van der Waals surface area contributed by atoms with Crippen LogP contribution >= 0.6 is 0 Å². The summed E-state index contributed by atoms with van der Waals surface area (Å²) in [6, 6.07) is 18.1. The van der Waals surface area contributed by atoms with Gasteiger partial charge in [0.05, 0.1) is 0 Å². The van der Waals surface area contributed by atoms with E-state index in [1.807, 2.05) is 48.5 Å². The third-order valence-electron chi connectivity index (χ3n) is 2.66. The molecule has 0 saturated carbocycles. The van der Waals surface area contributed by atoms with Crippen LogP contribution in [0.1, 0.15) is 11.7 Å². The van der Waals surface area contributed by atoms with E-state index in [9.17, 15) is 0 Å². The Labute approximate surface area is 93.5 Å². The molecule has 1 heterocycles. The third kappa shape index (κ3) is 1.58. The summed E-state index contributed by atoms with van der Waals surface area (Å²) in [6.07, 6.45) is 2.02. The molecule has 1 atom stereocenters. The molecule has 2 nitrogen and oxygen atoms in total. The minimum Gasteiger partial charge on any atom is -0.383 e. The van der Waals surface area contributed by atoms with Crippen LogP contribution in [0.25, 0.3) is 6.08 Å². The van der Waals surface area contributed by atoms with Crippen molar-refractivity contribution < 1.29 is 4.84 Å². The molecule has 16 heavy (non-hydrogen) atoms. The minimum absolute atomic E-state index is 0.0731. The lowest BCUT2D eigenvalue weighted by atomic mass is 10.1. The highest BCUT2D eigenvalue weighted by Crippen LogP contribution is 2.19. The summed E-state index contributed by atoms with van der Waals surface area (Å²) in [5.41, 5.74) is 1.13. The molecule has 0 radical (unpaired) electrons. The summed E-state index contributed by atoms with van der Waals surface area (Å²) in [6.45, 7) is 0. The molecule has 1 unspecified atom stereocenters. The van der Waals surface area contributed by atoms with Gasteiger partial charge in [-0.05, 0) is 17.7 Å². The molecule has 0 saturated heterocycles. The van der Waals surface area contributed by atoms with Crippen molar-refractivity contribution in [3.05, 3.63) is 70.7 Å². The number of fused-ring (bicyclic) bond motifs is 1. The Hall–Kier alpha value is -2.09. The molecule has 2 aromatic carbocycles. The van der Waals surface area contributed by atoms with Crippen LogP contribution in [-0.4, -0.2) is 0 Å². The highest BCUT2D eigenvalue weighted by atomic mass is 16.6. The van der Waals surface area contributed by atoms with Crippen LogP contribution in [0, 0.1) is 0 Å². The molecule has 78 valence electrons. The second-order valence-corrected chi connectivity index (χ2v) is 3.75. The number of hydrogen-bond acceptors (Lipinski definition) is 2. The molecular weight excluding hydrogens is 198 g/mol. The maximum atomic E-state index is 5.46. The van der Waals surface area contributed by atoms with Crippen molar-refractivity contribution in [1.29, 1.82) is 0 Å². The van der Waals surface area contributed by atoms with Gasteiger partial charge >= 0.3 is 0 Å². The van der Waals surface area contributed by atoms with Gasteiger partial charge in [-0.3, -0.25) is 0 Å². The first kappa shape index (κ1) is 9.16.